The Morgan fingerprint density at radius 3 is 2.68 bits per heavy atom. The highest BCUT2D eigenvalue weighted by Crippen LogP contribution is 2.43. The van der Waals surface area contributed by atoms with E-state index in [-0.39, 0.29) is 22.3 Å². The molecule has 0 saturated carbocycles. The lowest BCUT2D eigenvalue weighted by molar-refractivity contribution is 0.0971. The maximum absolute atomic E-state index is 13.9. The molecule has 1 amide bonds. The molecule has 1 aliphatic rings. The van der Waals surface area contributed by atoms with Crippen LogP contribution in [0.2, 0.25) is 0 Å². The van der Waals surface area contributed by atoms with Crippen LogP contribution in [-0.4, -0.2) is 18.0 Å². The van der Waals surface area contributed by atoms with E-state index in [4.69, 9.17) is 9.15 Å². The molecule has 5 rings (SSSR count). The molecule has 0 N–H and O–H groups in total. The van der Waals surface area contributed by atoms with Gasteiger partial charge in [-0.15, -0.1) is 11.3 Å². The molecule has 31 heavy (non-hydrogen) atoms. The zero-order valence-electron chi connectivity index (χ0n) is 16.9. The summed E-state index contributed by atoms with van der Waals surface area (Å²) >= 11 is 1.37. The molecule has 1 unspecified atom stereocenters. The van der Waals surface area contributed by atoms with E-state index >= 15 is 0 Å². The van der Waals surface area contributed by atoms with Crippen LogP contribution >= 0.6 is 11.3 Å². The van der Waals surface area contributed by atoms with Gasteiger partial charge in [-0.1, -0.05) is 12.1 Å². The molecule has 4 aromatic rings. The lowest BCUT2D eigenvalue weighted by Gasteiger charge is -2.22. The van der Waals surface area contributed by atoms with E-state index in [0.717, 1.165) is 16.6 Å². The van der Waals surface area contributed by atoms with Crippen molar-refractivity contribution in [1.29, 1.82) is 0 Å². The van der Waals surface area contributed by atoms with Gasteiger partial charge in [0.2, 0.25) is 5.76 Å². The number of thiazole rings is 1. The van der Waals surface area contributed by atoms with Crippen molar-refractivity contribution in [3.63, 3.8) is 0 Å². The van der Waals surface area contributed by atoms with Crippen LogP contribution in [0.3, 0.4) is 0 Å². The lowest BCUT2D eigenvalue weighted by Crippen LogP contribution is -2.29. The lowest BCUT2D eigenvalue weighted by atomic mass is 9.98. The number of benzene rings is 2. The summed E-state index contributed by atoms with van der Waals surface area (Å²) in [6, 6.07) is 10.1. The Hall–Kier alpha value is -3.52. The minimum Gasteiger partial charge on any atom is -0.497 e. The summed E-state index contributed by atoms with van der Waals surface area (Å²) in [5.41, 5.74) is 1.36. The van der Waals surface area contributed by atoms with Gasteiger partial charge < -0.3 is 9.15 Å². The maximum Gasteiger partial charge on any atom is 0.297 e. The van der Waals surface area contributed by atoms with E-state index in [2.05, 4.69) is 4.98 Å². The van der Waals surface area contributed by atoms with Gasteiger partial charge in [0.25, 0.3) is 5.91 Å². The van der Waals surface area contributed by atoms with Gasteiger partial charge in [0.15, 0.2) is 10.6 Å². The molecule has 0 aliphatic carbocycles. The molecule has 2 aromatic heterocycles. The summed E-state index contributed by atoms with van der Waals surface area (Å²) in [6.07, 6.45) is 0. The minimum absolute atomic E-state index is 0.0533. The molecule has 8 heteroatoms. The second-order valence-corrected chi connectivity index (χ2v) is 8.49. The van der Waals surface area contributed by atoms with Gasteiger partial charge in [0.05, 0.1) is 29.8 Å². The zero-order valence-corrected chi connectivity index (χ0v) is 17.7. The number of rotatable bonds is 3. The van der Waals surface area contributed by atoms with Crippen molar-refractivity contribution in [3.05, 3.63) is 86.0 Å². The Morgan fingerprint density at radius 2 is 1.97 bits per heavy atom. The number of methoxy groups -OCH3 is 1. The number of aromatic nitrogens is 1. The summed E-state index contributed by atoms with van der Waals surface area (Å²) in [7, 11) is 1.54. The van der Waals surface area contributed by atoms with Crippen molar-refractivity contribution in [2.45, 2.75) is 19.9 Å². The number of nitrogens with zero attached hydrogens (tertiary/aromatic N) is 2. The molecular weight excluding hydrogens is 419 g/mol. The van der Waals surface area contributed by atoms with Gasteiger partial charge >= 0.3 is 0 Å². The quantitative estimate of drug-likeness (QED) is 0.463. The van der Waals surface area contributed by atoms with E-state index in [0.29, 0.717) is 16.4 Å². The van der Waals surface area contributed by atoms with Crippen molar-refractivity contribution in [2.75, 3.05) is 12.0 Å². The van der Waals surface area contributed by atoms with Crippen molar-refractivity contribution in [1.82, 2.24) is 4.98 Å². The molecule has 0 bridgehead atoms. The Balaban J connectivity index is 1.83. The first-order valence-electron chi connectivity index (χ1n) is 9.57. The molecule has 1 aliphatic heterocycles. The van der Waals surface area contributed by atoms with E-state index < -0.39 is 23.2 Å². The van der Waals surface area contributed by atoms with Crippen molar-refractivity contribution < 1.29 is 18.3 Å². The average Bonchev–Trinajstić information content (AvgIpc) is 3.25. The van der Waals surface area contributed by atoms with Crippen LogP contribution in [0.15, 0.2) is 51.7 Å². The monoisotopic (exact) mass is 436 g/mol. The summed E-state index contributed by atoms with van der Waals surface area (Å²) < 4.78 is 25.0. The Kier molecular flexibility index (Phi) is 4.40. The highest BCUT2D eigenvalue weighted by molar-refractivity contribution is 7.15. The van der Waals surface area contributed by atoms with Gasteiger partial charge in [-0.3, -0.25) is 14.5 Å². The first kappa shape index (κ1) is 19.4. The molecular formula is C23H17FN2O4S. The van der Waals surface area contributed by atoms with E-state index in [1.165, 1.54) is 28.4 Å². The molecule has 6 nitrogen and oxygen atoms in total. The summed E-state index contributed by atoms with van der Waals surface area (Å²) in [5, 5.41) is 0.557. The van der Waals surface area contributed by atoms with Crippen LogP contribution in [0.1, 0.15) is 38.3 Å². The van der Waals surface area contributed by atoms with Crippen LogP contribution in [0.25, 0.3) is 11.0 Å². The molecule has 3 heterocycles. The number of amides is 1. The third-order valence-electron chi connectivity index (χ3n) is 5.47. The minimum atomic E-state index is -0.772. The number of aryl methyl sites for hydroxylation is 2. The maximum atomic E-state index is 13.9. The number of halogens is 1. The van der Waals surface area contributed by atoms with Crippen LogP contribution in [0, 0.1) is 19.7 Å². The summed E-state index contributed by atoms with van der Waals surface area (Å²) in [6.45, 7) is 3.79. The Bertz CT molecular complexity index is 1410. The number of anilines is 1. The molecule has 1 atom stereocenters. The van der Waals surface area contributed by atoms with E-state index in [1.54, 1.807) is 25.3 Å². The van der Waals surface area contributed by atoms with Gasteiger partial charge in [-0.25, -0.2) is 9.37 Å². The van der Waals surface area contributed by atoms with Crippen molar-refractivity contribution >= 4 is 33.3 Å². The highest BCUT2D eigenvalue weighted by atomic mass is 32.1. The van der Waals surface area contributed by atoms with Crippen molar-refractivity contribution in [2.24, 2.45) is 0 Å². The van der Waals surface area contributed by atoms with Crippen LogP contribution < -0.4 is 15.1 Å². The molecule has 0 radical (unpaired) electrons. The third-order valence-corrected chi connectivity index (χ3v) is 6.54. The summed E-state index contributed by atoms with van der Waals surface area (Å²) in [4.78, 5) is 33.9. The molecule has 156 valence electrons. The van der Waals surface area contributed by atoms with Crippen LogP contribution in [-0.2, 0) is 0 Å². The fourth-order valence-electron chi connectivity index (χ4n) is 3.83. The first-order valence-corrected chi connectivity index (χ1v) is 10.4. The van der Waals surface area contributed by atoms with Gasteiger partial charge in [0, 0.05) is 4.88 Å². The topological polar surface area (TPSA) is 72.6 Å². The second-order valence-electron chi connectivity index (χ2n) is 7.31. The standard InChI is InChI=1S/C23H17FN2O4S/c1-11-12(2)31-23(25-11)26-19(13-5-4-6-15(9-13)29-3)18-20(27)16-10-14(24)7-8-17(16)30-21(18)22(26)28/h4-10,19H,1-3H3. The number of carbonyl (C=O) groups is 1. The zero-order chi connectivity index (χ0) is 21.9. The number of carbonyl (C=O) groups excluding carboxylic acids is 1. The largest absolute Gasteiger partial charge is 0.497 e. The fraction of sp³-hybridized carbons (Fsp3) is 0.174. The fourth-order valence-corrected chi connectivity index (χ4v) is 4.76. The highest BCUT2D eigenvalue weighted by Gasteiger charge is 2.45. The molecule has 0 spiro atoms. The van der Waals surface area contributed by atoms with Crippen molar-refractivity contribution in [3.8, 4) is 5.75 Å². The summed E-state index contributed by atoms with van der Waals surface area (Å²) in [5.74, 6) is -0.478. The van der Waals surface area contributed by atoms with Gasteiger partial charge in [0.1, 0.15) is 17.1 Å². The molecule has 2 aromatic carbocycles. The van der Waals surface area contributed by atoms with E-state index in [9.17, 15) is 14.0 Å². The average molecular weight is 436 g/mol. The van der Waals surface area contributed by atoms with E-state index in [1.807, 2.05) is 19.9 Å². The number of fused-ring (bicyclic) bond motifs is 2. The second kappa shape index (κ2) is 7.02. The SMILES string of the molecule is COc1cccc(C2c3c(oc4ccc(F)cc4c3=O)C(=O)N2c2nc(C)c(C)s2)c1. The number of hydrogen-bond acceptors (Lipinski definition) is 6. The van der Waals surface area contributed by atoms with Crippen LogP contribution in [0.4, 0.5) is 9.52 Å². The molecule has 0 saturated heterocycles. The predicted molar refractivity (Wildman–Crippen MR) is 116 cm³/mol. The smallest absolute Gasteiger partial charge is 0.297 e. The van der Waals surface area contributed by atoms with Crippen LogP contribution in [0.5, 0.6) is 5.75 Å². The number of hydrogen-bond donors (Lipinski definition) is 0. The van der Waals surface area contributed by atoms with Gasteiger partial charge in [-0.05, 0) is 49.7 Å². The first-order chi connectivity index (χ1) is 14.9. The predicted octanol–water partition coefficient (Wildman–Crippen LogP) is 4.76. The Labute approximate surface area is 180 Å². The van der Waals surface area contributed by atoms with Gasteiger partial charge in [-0.2, -0.15) is 0 Å². The Morgan fingerprint density at radius 1 is 1.16 bits per heavy atom. The number of ether oxygens (including phenoxy) is 1. The third kappa shape index (κ3) is 2.94. The molecule has 0 fully saturated rings. The normalized spacial score (nSPS) is 15.5.